The Morgan fingerprint density at radius 3 is 2.74 bits per heavy atom. The van der Waals surface area contributed by atoms with Gasteiger partial charge in [0.15, 0.2) is 0 Å². The zero-order valence-electron chi connectivity index (χ0n) is 11.7. The molecule has 3 N–H and O–H groups in total. The first-order valence-corrected chi connectivity index (χ1v) is 6.80. The number of urea groups is 1. The standard InChI is InChI=1S/C13H24N2O4/c1-10(5-3-6-11(16)17)14-12(18)15-8-4-7-13(2,19)9-15/h10,19H,3-9H2,1-2H3,(H,14,18)(H,16,17). The normalized spacial score (nSPS) is 24.9. The minimum Gasteiger partial charge on any atom is -0.481 e. The molecule has 6 heteroatoms. The van der Waals surface area contributed by atoms with Gasteiger partial charge in [-0.15, -0.1) is 0 Å². The van der Waals surface area contributed by atoms with Crippen molar-refractivity contribution < 1.29 is 19.8 Å². The lowest BCUT2D eigenvalue weighted by Gasteiger charge is -2.37. The van der Waals surface area contributed by atoms with Crippen molar-refractivity contribution in [1.29, 1.82) is 0 Å². The Hall–Kier alpha value is -1.30. The van der Waals surface area contributed by atoms with Crippen molar-refractivity contribution in [3.05, 3.63) is 0 Å². The minimum absolute atomic E-state index is 0.0567. The van der Waals surface area contributed by atoms with Gasteiger partial charge in [0.2, 0.25) is 0 Å². The van der Waals surface area contributed by atoms with E-state index in [1.165, 1.54) is 0 Å². The van der Waals surface area contributed by atoms with Crippen LogP contribution in [0.4, 0.5) is 4.79 Å². The Balaban J connectivity index is 2.31. The lowest BCUT2D eigenvalue weighted by Crippen LogP contribution is -2.53. The molecule has 1 aliphatic rings. The Bertz CT molecular complexity index is 331. The minimum atomic E-state index is -0.814. The smallest absolute Gasteiger partial charge is 0.317 e. The van der Waals surface area contributed by atoms with E-state index in [4.69, 9.17) is 5.11 Å². The predicted octanol–water partition coefficient (Wildman–Crippen LogP) is 1.19. The highest BCUT2D eigenvalue weighted by molar-refractivity contribution is 5.74. The van der Waals surface area contributed by atoms with Crippen molar-refractivity contribution in [2.45, 2.75) is 57.6 Å². The second-order valence-corrected chi connectivity index (χ2v) is 5.66. The van der Waals surface area contributed by atoms with Gasteiger partial charge >= 0.3 is 12.0 Å². The van der Waals surface area contributed by atoms with E-state index >= 15 is 0 Å². The van der Waals surface area contributed by atoms with E-state index in [0.29, 0.717) is 32.4 Å². The summed E-state index contributed by atoms with van der Waals surface area (Å²) in [5.41, 5.74) is -0.803. The predicted molar refractivity (Wildman–Crippen MR) is 70.9 cm³/mol. The molecule has 19 heavy (non-hydrogen) atoms. The van der Waals surface area contributed by atoms with E-state index in [1.54, 1.807) is 11.8 Å². The quantitative estimate of drug-likeness (QED) is 0.701. The van der Waals surface area contributed by atoms with Gasteiger partial charge in [0.1, 0.15) is 0 Å². The van der Waals surface area contributed by atoms with Crippen molar-refractivity contribution in [3.63, 3.8) is 0 Å². The van der Waals surface area contributed by atoms with Crippen LogP contribution in [0.3, 0.4) is 0 Å². The van der Waals surface area contributed by atoms with Gasteiger partial charge in [0, 0.05) is 19.0 Å². The molecule has 0 aromatic heterocycles. The molecule has 1 heterocycles. The van der Waals surface area contributed by atoms with E-state index < -0.39 is 11.6 Å². The Morgan fingerprint density at radius 2 is 2.16 bits per heavy atom. The number of nitrogens with one attached hydrogen (secondary N) is 1. The van der Waals surface area contributed by atoms with Crippen LogP contribution in [0.5, 0.6) is 0 Å². The number of hydrogen-bond acceptors (Lipinski definition) is 3. The molecule has 2 unspecified atom stereocenters. The summed E-state index contributed by atoms with van der Waals surface area (Å²) in [5.74, 6) is -0.814. The lowest BCUT2D eigenvalue weighted by molar-refractivity contribution is -0.137. The van der Waals surface area contributed by atoms with Crippen LogP contribution in [0.15, 0.2) is 0 Å². The fourth-order valence-corrected chi connectivity index (χ4v) is 2.33. The summed E-state index contributed by atoms with van der Waals surface area (Å²) in [6.45, 7) is 4.61. The van der Waals surface area contributed by atoms with Crippen molar-refractivity contribution in [2.24, 2.45) is 0 Å². The molecule has 1 fully saturated rings. The van der Waals surface area contributed by atoms with E-state index in [2.05, 4.69) is 5.32 Å². The first-order chi connectivity index (χ1) is 8.80. The average molecular weight is 272 g/mol. The molecule has 0 saturated carbocycles. The number of likely N-dealkylation sites (tertiary alicyclic amines) is 1. The van der Waals surface area contributed by atoms with Crippen molar-refractivity contribution in [3.8, 4) is 0 Å². The van der Waals surface area contributed by atoms with Crippen LogP contribution in [-0.4, -0.2) is 51.8 Å². The molecular weight excluding hydrogens is 248 g/mol. The van der Waals surface area contributed by atoms with Crippen LogP contribution in [0.2, 0.25) is 0 Å². The van der Waals surface area contributed by atoms with Crippen LogP contribution in [0.25, 0.3) is 0 Å². The number of aliphatic carboxylic acids is 1. The number of aliphatic hydroxyl groups is 1. The second-order valence-electron chi connectivity index (χ2n) is 5.66. The number of β-amino-alcohol motifs (C(OH)–C–C–N with tert-alkyl or cyclic N) is 1. The van der Waals surface area contributed by atoms with Crippen LogP contribution >= 0.6 is 0 Å². The highest BCUT2D eigenvalue weighted by Crippen LogP contribution is 2.20. The molecule has 2 amide bonds. The number of rotatable bonds is 5. The Kier molecular flexibility index (Phi) is 5.60. The first-order valence-electron chi connectivity index (χ1n) is 6.80. The molecule has 2 atom stereocenters. The molecule has 0 aromatic rings. The summed E-state index contributed by atoms with van der Waals surface area (Å²) in [6, 6.07) is -0.235. The summed E-state index contributed by atoms with van der Waals surface area (Å²) in [4.78, 5) is 24.0. The number of nitrogens with zero attached hydrogens (tertiary/aromatic N) is 1. The topological polar surface area (TPSA) is 89.9 Å². The molecule has 1 aliphatic heterocycles. The third-order valence-electron chi connectivity index (χ3n) is 3.36. The average Bonchev–Trinajstić information content (AvgIpc) is 2.26. The largest absolute Gasteiger partial charge is 0.481 e. The van der Waals surface area contributed by atoms with Gasteiger partial charge in [0.05, 0.1) is 12.1 Å². The number of carbonyl (C=O) groups excluding carboxylic acids is 1. The molecule has 1 rings (SSSR count). The van der Waals surface area contributed by atoms with Gasteiger partial charge in [-0.05, 0) is 39.5 Å². The maximum Gasteiger partial charge on any atom is 0.317 e. The molecule has 0 radical (unpaired) electrons. The fourth-order valence-electron chi connectivity index (χ4n) is 2.33. The zero-order valence-corrected chi connectivity index (χ0v) is 11.7. The molecule has 0 aliphatic carbocycles. The highest BCUT2D eigenvalue weighted by Gasteiger charge is 2.31. The lowest BCUT2D eigenvalue weighted by atomic mass is 9.95. The SMILES string of the molecule is CC(CCCC(=O)O)NC(=O)N1CCCC(C)(O)C1. The summed E-state index contributed by atoms with van der Waals surface area (Å²) in [6.07, 6.45) is 2.83. The zero-order chi connectivity index (χ0) is 14.5. The number of hydrogen-bond donors (Lipinski definition) is 3. The monoisotopic (exact) mass is 272 g/mol. The van der Waals surface area contributed by atoms with Crippen LogP contribution in [0, 0.1) is 0 Å². The van der Waals surface area contributed by atoms with Gasteiger partial charge in [-0.1, -0.05) is 0 Å². The maximum atomic E-state index is 12.0. The van der Waals surface area contributed by atoms with Crippen LogP contribution in [0.1, 0.15) is 46.0 Å². The van der Waals surface area contributed by atoms with Crippen LogP contribution in [-0.2, 0) is 4.79 Å². The molecule has 0 spiro atoms. The maximum absolute atomic E-state index is 12.0. The number of carboxylic acids is 1. The van der Waals surface area contributed by atoms with Crippen molar-refractivity contribution >= 4 is 12.0 Å². The highest BCUT2D eigenvalue weighted by atomic mass is 16.4. The number of piperidine rings is 1. The van der Waals surface area contributed by atoms with Crippen LogP contribution < -0.4 is 5.32 Å². The van der Waals surface area contributed by atoms with Crippen molar-refractivity contribution in [1.82, 2.24) is 10.2 Å². The number of carboxylic acid groups (broad SMARTS) is 1. The molecule has 0 bridgehead atoms. The van der Waals surface area contributed by atoms with Gasteiger partial charge in [-0.25, -0.2) is 4.79 Å². The first kappa shape index (κ1) is 15.8. The van der Waals surface area contributed by atoms with Gasteiger partial charge in [-0.3, -0.25) is 4.79 Å². The summed E-state index contributed by atoms with van der Waals surface area (Å²) < 4.78 is 0. The fraction of sp³-hybridized carbons (Fsp3) is 0.846. The molecule has 6 nitrogen and oxygen atoms in total. The second kappa shape index (κ2) is 6.75. The van der Waals surface area contributed by atoms with Gasteiger partial charge < -0.3 is 20.4 Å². The Labute approximate surface area is 113 Å². The van der Waals surface area contributed by atoms with E-state index in [1.807, 2.05) is 6.92 Å². The third-order valence-corrected chi connectivity index (χ3v) is 3.36. The molecular formula is C13H24N2O4. The molecule has 1 saturated heterocycles. The molecule has 0 aromatic carbocycles. The summed E-state index contributed by atoms with van der Waals surface area (Å²) >= 11 is 0. The van der Waals surface area contributed by atoms with Crippen molar-refractivity contribution in [2.75, 3.05) is 13.1 Å². The Morgan fingerprint density at radius 1 is 1.47 bits per heavy atom. The number of carbonyl (C=O) groups is 2. The van der Waals surface area contributed by atoms with Gasteiger partial charge in [0.25, 0.3) is 0 Å². The number of amides is 2. The third kappa shape index (κ3) is 5.92. The molecule has 110 valence electrons. The van der Waals surface area contributed by atoms with Gasteiger partial charge in [-0.2, -0.15) is 0 Å². The van der Waals surface area contributed by atoms with E-state index in [9.17, 15) is 14.7 Å². The van der Waals surface area contributed by atoms with E-state index in [0.717, 1.165) is 6.42 Å². The summed E-state index contributed by atoms with van der Waals surface area (Å²) in [5, 5.41) is 21.3. The summed E-state index contributed by atoms with van der Waals surface area (Å²) in [7, 11) is 0. The van der Waals surface area contributed by atoms with E-state index in [-0.39, 0.29) is 18.5 Å².